The van der Waals surface area contributed by atoms with Crippen LogP contribution in [0.4, 0.5) is 0 Å². The minimum absolute atomic E-state index is 0.187. The molecule has 0 radical (unpaired) electrons. The molecule has 0 unspecified atom stereocenters. The lowest BCUT2D eigenvalue weighted by Gasteiger charge is -2.14. The molecule has 8 nitrogen and oxygen atoms in total. The molecule has 0 atom stereocenters. The fourth-order valence-corrected chi connectivity index (χ4v) is 3.42. The van der Waals surface area contributed by atoms with E-state index < -0.39 is 10.1 Å². The lowest BCUT2D eigenvalue weighted by Crippen LogP contribution is -2.23. The smallest absolute Gasteiger partial charge is 0.267 e. The third kappa shape index (κ3) is 3.00. The van der Waals surface area contributed by atoms with Crippen LogP contribution in [-0.4, -0.2) is 33.8 Å². The van der Waals surface area contributed by atoms with Gasteiger partial charge in [-0.15, -0.1) is 10.2 Å². The summed E-state index contributed by atoms with van der Waals surface area (Å²) >= 11 is 0. The van der Waals surface area contributed by atoms with E-state index in [1.165, 1.54) is 4.57 Å². The minimum Gasteiger partial charge on any atom is -0.268 e. The Labute approximate surface area is 154 Å². The molecule has 0 aliphatic heterocycles. The Hall–Kier alpha value is -3.04. The zero-order valence-corrected chi connectivity index (χ0v) is 15.5. The van der Waals surface area contributed by atoms with Crippen LogP contribution in [0.25, 0.3) is 22.4 Å². The third-order valence-electron chi connectivity index (χ3n) is 4.25. The Morgan fingerprint density at radius 1 is 1.04 bits per heavy atom. The van der Waals surface area contributed by atoms with E-state index in [9.17, 15) is 13.2 Å². The summed E-state index contributed by atoms with van der Waals surface area (Å²) in [4.78, 5) is 13.2. The summed E-state index contributed by atoms with van der Waals surface area (Å²) in [5.41, 5.74) is 1.48. The predicted molar refractivity (Wildman–Crippen MR) is 100 cm³/mol. The molecule has 0 amide bonds. The predicted octanol–water partition coefficient (Wildman–Crippen LogP) is 1.82. The van der Waals surface area contributed by atoms with Gasteiger partial charge in [-0.2, -0.15) is 8.42 Å². The fraction of sp³-hybridized carbons (Fsp3) is 0.167. The number of hydrogen-bond donors (Lipinski definition) is 0. The van der Waals surface area contributed by atoms with Gasteiger partial charge in [0.25, 0.3) is 15.7 Å². The second-order valence-electron chi connectivity index (χ2n) is 6.14. The first-order chi connectivity index (χ1) is 12.9. The van der Waals surface area contributed by atoms with Crippen LogP contribution < -0.4 is 5.56 Å². The monoisotopic (exact) mass is 384 g/mol. The molecule has 0 saturated heterocycles. The second-order valence-corrected chi connectivity index (χ2v) is 7.78. The highest BCUT2D eigenvalue weighted by molar-refractivity contribution is 7.85. The lowest BCUT2D eigenvalue weighted by molar-refractivity contribution is 0.311. The van der Waals surface area contributed by atoms with E-state index in [0.717, 1.165) is 6.26 Å². The van der Waals surface area contributed by atoms with Crippen LogP contribution in [0, 0.1) is 6.92 Å². The van der Waals surface area contributed by atoms with Crippen LogP contribution in [0.3, 0.4) is 0 Å². The number of aryl methyl sites for hydroxylation is 1. The summed E-state index contributed by atoms with van der Waals surface area (Å²) in [6.07, 6.45) is 0.984. The molecule has 0 N–H and O–H groups in total. The molecule has 2 heterocycles. The Morgan fingerprint density at radius 2 is 1.74 bits per heavy atom. The number of fused-ring (bicyclic) bond motifs is 3. The number of hydrogen-bond acceptors (Lipinski definition) is 6. The zero-order chi connectivity index (χ0) is 19.2. The molecule has 0 bridgehead atoms. The highest BCUT2D eigenvalue weighted by Gasteiger charge is 2.18. The highest BCUT2D eigenvalue weighted by Crippen LogP contribution is 2.20. The molecule has 0 fully saturated rings. The number of rotatable bonds is 4. The molecule has 27 heavy (non-hydrogen) atoms. The molecule has 4 rings (SSSR count). The van der Waals surface area contributed by atoms with Crippen molar-refractivity contribution in [1.82, 2.24) is 19.2 Å². The van der Waals surface area contributed by atoms with Crippen LogP contribution in [-0.2, 0) is 20.9 Å². The van der Waals surface area contributed by atoms with Gasteiger partial charge in [-0.1, -0.05) is 30.3 Å². The molecule has 9 heteroatoms. The summed E-state index contributed by atoms with van der Waals surface area (Å²) in [7, 11) is -3.63. The van der Waals surface area contributed by atoms with E-state index in [1.807, 2.05) is 12.1 Å². The van der Waals surface area contributed by atoms with Crippen molar-refractivity contribution >= 4 is 26.8 Å². The van der Waals surface area contributed by atoms with Gasteiger partial charge in [0.05, 0.1) is 29.5 Å². The Balaban J connectivity index is 2.06. The van der Waals surface area contributed by atoms with E-state index in [2.05, 4.69) is 10.2 Å². The van der Waals surface area contributed by atoms with E-state index >= 15 is 0 Å². The number of nitrogens with zero attached hydrogens (tertiary/aromatic N) is 4. The van der Waals surface area contributed by atoms with Crippen molar-refractivity contribution in [2.24, 2.45) is 0 Å². The highest BCUT2D eigenvalue weighted by atomic mass is 32.2. The van der Waals surface area contributed by atoms with Gasteiger partial charge < -0.3 is 0 Å². The van der Waals surface area contributed by atoms with Gasteiger partial charge in [-0.3, -0.25) is 13.4 Å². The first-order valence-corrected chi connectivity index (χ1v) is 9.96. The van der Waals surface area contributed by atoms with Gasteiger partial charge in [0, 0.05) is 5.56 Å². The van der Waals surface area contributed by atoms with Crippen LogP contribution in [0.1, 0.15) is 11.4 Å². The summed E-state index contributed by atoms with van der Waals surface area (Å²) in [6, 6.07) is 14.2. The quantitative estimate of drug-likeness (QED) is 0.498. The topological polar surface area (TPSA) is 95.6 Å². The minimum atomic E-state index is -3.63. The summed E-state index contributed by atoms with van der Waals surface area (Å²) < 4.78 is 31.0. The van der Waals surface area contributed by atoms with Gasteiger partial charge in [0.2, 0.25) is 5.78 Å². The fourth-order valence-electron chi connectivity index (χ4n) is 3.08. The van der Waals surface area contributed by atoms with E-state index in [4.69, 9.17) is 4.18 Å². The first kappa shape index (κ1) is 17.4. The molecule has 4 aromatic rings. The molecule has 2 aromatic carbocycles. The number of aromatic nitrogens is 4. The van der Waals surface area contributed by atoms with Gasteiger partial charge >= 0.3 is 0 Å². The van der Waals surface area contributed by atoms with Crippen molar-refractivity contribution < 1.29 is 12.6 Å². The molecule has 0 aliphatic carbocycles. The summed E-state index contributed by atoms with van der Waals surface area (Å²) in [6.45, 7) is 1.62. The van der Waals surface area contributed by atoms with Crippen molar-refractivity contribution in [1.29, 1.82) is 0 Å². The maximum Gasteiger partial charge on any atom is 0.267 e. The SMILES string of the molecule is Cc1nnc2n(-c3ccccc3COS(C)(=O)=O)c(=O)c3ccccc3n12. The first-order valence-electron chi connectivity index (χ1n) is 8.15. The normalized spacial score (nSPS) is 12.1. The maximum absolute atomic E-state index is 13.2. The lowest BCUT2D eigenvalue weighted by atomic mass is 10.1. The molecule has 2 aromatic heterocycles. The maximum atomic E-state index is 13.2. The molecule has 0 spiro atoms. The van der Waals surface area contributed by atoms with Crippen molar-refractivity contribution in [3.05, 3.63) is 70.3 Å². The van der Waals surface area contributed by atoms with Crippen molar-refractivity contribution in [2.45, 2.75) is 13.5 Å². The van der Waals surface area contributed by atoms with E-state index in [-0.39, 0.29) is 12.2 Å². The largest absolute Gasteiger partial charge is 0.268 e. The van der Waals surface area contributed by atoms with Gasteiger partial charge in [-0.25, -0.2) is 4.57 Å². The van der Waals surface area contributed by atoms with Crippen LogP contribution in [0.2, 0.25) is 0 Å². The van der Waals surface area contributed by atoms with Gasteiger partial charge in [0.1, 0.15) is 5.82 Å². The van der Waals surface area contributed by atoms with Crippen LogP contribution in [0.15, 0.2) is 53.3 Å². The van der Waals surface area contributed by atoms with Gasteiger partial charge in [0.15, 0.2) is 0 Å². The summed E-state index contributed by atoms with van der Waals surface area (Å²) in [5.74, 6) is 0.989. The zero-order valence-electron chi connectivity index (χ0n) is 14.7. The second kappa shape index (κ2) is 6.29. The van der Waals surface area contributed by atoms with Crippen molar-refractivity contribution in [3.8, 4) is 5.69 Å². The Morgan fingerprint density at radius 3 is 2.52 bits per heavy atom. The molecular weight excluding hydrogens is 368 g/mol. The Kier molecular flexibility index (Phi) is 4.05. The van der Waals surface area contributed by atoms with Crippen molar-refractivity contribution in [2.75, 3.05) is 6.26 Å². The van der Waals surface area contributed by atoms with Crippen LogP contribution in [0.5, 0.6) is 0 Å². The van der Waals surface area contributed by atoms with E-state index in [1.54, 1.807) is 47.7 Å². The van der Waals surface area contributed by atoms with Gasteiger partial charge in [-0.05, 0) is 25.1 Å². The third-order valence-corrected chi connectivity index (χ3v) is 4.79. The average Bonchev–Trinajstić information content (AvgIpc) is 3.02. The summed E-state index contributed by atoms with van der Waals surface area (Å²) in [5, 5.41) is 8.79. The average molecular weight is 384 g/mol. The molecule has 138 valence electrons. The Bertz CT molecular complexity index is 1340. The molecule has 0 saturated carbocycles. The number of benzene rings is 2. The van der Waals surface area contributed by atoms with E-state index in [0.29, 0.717) is 33.8 Å². The standard InChI is InChI=1S/C18H16N4O4S/c1-12-19-20-18-21(12)16-10-6-4-8-14(16)17(23)22(18)15-9-5-3-7-13(15)11-26-27(2,24)25/h3-10H,11H2,1-2H3. The molecule has 0 aliphatic rings. The molecular formula is C18H16N4O4S. The number of para-hydroxylation sites is 2. The van der Waals surface area contributed by atoms with Crippen LogP contribution >= 0.6 is 0 Å². The van der Waals surface area contributed by atoms with Crippen molar-refractivity contribution in [3.63, 3.8) is 0 Å².